The molecule has 4 nitrogen and oxygen atoms in total. The van der Waals surface area contributed by atoms with Gasteiger partial charge in [0.05, 0.1) is 9.40 Å². The number of hydrogen-bond acceptors (Lipinski definition) is 3. The highest BCUT2D eigenvalue weighted by molar-refractivity contribution is 9.10. The van der Waals surface area contributed by atoms with Gasteiger partial charge in [-0.2, -0.15) is 0 Å². The SMILES string of the molecule is Cc1ccc(CNc2ccc([N+](=O)[O-])c(Br)c2)cc1Br. The molecule has 0 amide bonds. The molecule has 0 saturated carbocycles. The molecule has 2 rings (SSSR count). The lowest BCUT2D eigenvalue weighted by molar-refractivity contribution is -0.385. The maximum absolute atomic E-state index is 10.7. The largest absolute Gasteiger partial charge is 0.381 e. The summed E-state index contributed by atoms with van der Waals surface area (Å²) in [6, 6.07) is 11.0. The van der Waals surface area contributed by atoms with Gasteiger partial charge in [-0.25, -0.2) is 0 Å². The van der Waals surface area contributed by atoms with Crippen molar-refractivity contribution in [1.82, 2.24) is 0 Å². The van der Waals surface area contributed by atoms with Crippen LogP contribution in [0.25, 0.3) is 0 Å². The summed E-state index contributed by atoms with van der Waals surface area (Å²) in [4.78, 5) is 10.3. The summed E-state index contributed by atoms with van der Waals surface area (Å²) in [5, 5.41) is 14.0. The van der Waals surface area contributed by atoms with Crippen LogP contribution in [0.4, 0.5) is 11.4 Å². The molecule has 0 atom stereocenters. The van der Waals surface area contributed by atoms with Gasteiger partial charge in [-0.1, -0.05) is 28.1 Å². The van der Waals surface area contributed by atoms with E-state index < -0.39 is 4.92 Å². The van der Waals surface area contributed by atoms with E-state index in [9.17, 15) is 10.1 Å². The third-order valence-electron chi connectivity index (χ3n) is 2.88. The van der Waals surface area contributed by atoms with Crippen LogP contribution in [0.2, 0.25) is 0 Å². The number of rotatable bonds is 4. The maximum Gasteiger partial charge on any atom is 0.283 e. The molecule has 6 heteroatoms. The number of halogens is 2. The standard InChI is InChI=1S/C14H12Br2N2O2/c1-9-2-3-10(6-12(9)15)8-17-11-4-5-14(18(19)20)13(16)7-11/h2-7,17H,8H2,1H3. The van der Waals surface area contributed by atoms with Crippen LogP contribution < -0.4 is 5.32 Å². The molecule has 0 bridgehead atoms. The van der Waals surface area contributed by atoms with Gasteiger partial charge in [0, 0.05) is 22.8 Å². The van der Waals surface area contributed by atoms with Crippen molar-refractivity contribution in [1.29, 1.82) is 0 Å². The molecule has 0 unspecified atom stereocenters. The molecule has 0 spiro atoms. The first kappa shape index (κ1) is 15.0. The summed E-state index contributed by atoms with van der Waals surface area (Å²) in [5.74, 6) is 0. The Labute approximate surface area is 133 Å². The number of nitro groups is 1. The lowest BCUT2D eigenvalue weighted by Crippen LogP contribution is -2.00. The van der Waals surface area contributed by atoms with E-state index in [2.05, 4.69) is 43.2 Å². The molecular formula is C14H12Br2N2O2. The predicted octanol–water partition coefficient (Wildman–Crippen LogP) is 5.04. The van der Waals surface area contributed by atoms with E-state index in [0.29, 0.717) is 11.0 Å². The van der Waals surface area contributed by atoms with Gasteiger partial charge in [0.1, 0.15) is 0 Å². The van der Waals surface area contributed by atoms with Crippen LogP contribution in [0.1, 0.15) is 11.1 Å². The van der Waals surface area contributed by atoms with Gasteiger partial charge in [-0.3, -0.25) is 10.1 Å². The first-order valence-corrected chi connectivity index (χ1v) is 7.49. The Morgan fingerprint density at radius 3 is 2.50 bits per heavy atom. The number of hydrogen-bond donors (Lipinski definition) is 1. The van der Waals surface area contributed by atoms with E-state index in [-0.39, 0.29) is 5.69 Å². The average Bonchev–Trinajstić information content (AvgIpc) is 2.40. The van der Waals surface area contributed by atoms with Gasteiger partial charge in [0.15, 0.2) is 0 Å². The Morgan fingerprint density at radius 2 is 1.90 bits per heavy atom. The van der Waals surface area contributed by atoms with Crippen molar-refractivity contribution >= 4 is 43.2 Å². The van der Waals surface area contributed by atoms with Crippen LogP contribution >= 0.6 is 31.9 Å². The van der Waals surface area contributed by atoms with Crippen molar-refractivity contribution in [2.45, 2.75) is 13.5 Å². The fraction of sp³-hybridized carbons (Fsp3) is 0.143. The molecule has 0 aromatic heterocycles. The van der Waals surface area contributed by atoms with Gasteiger partial charge in [0.2, 0.25) is 0 Å². The molecule has 0 fully saturated rings. The van der Waals surface area contributed by atoms with Crippen LogP contribution in [-0.2, 0) is 6.54 Å². The topological polar surface area (TPSA) is 55.2 Å². The monoisotopic (exact) mass is 398 g/mol. The molecule has 0 heterocycles. The van der Waals surface area contributed by atoms with Crippen molar-refractivity contribution < 1.29 is 4.92 Å². The summed E-state index contributed by atoms with van der Waals surface area (Å²) in [6.45, 7) is 2.69. The van der Waals surface area contributed by atoms with Gasteiger partial charge in [0.25, 0.3) is 5.69 Å². The zero-order chi connectivity index (χ0) is 14.7. The van der Waals surface area contributed by atoms with Gasteiger partial charge < -0.3 is 5.32 Å². The van der Waals surface area contributed by atoms with E-state index in [1.807, 2.05) is 19.1 Å². The first-order chi connectivity index (χ1) is 9.47. The minimum Gasteiger partial charge on any atom is -0.381 e. The van der Waals surface area contributed by atoms with E-state index in [4.69, 9.17) is 0 Å². The molecule has 104 valence electrons. The van der Waals surface area contributed by atoms with Gasteiger partial charge in [-0.05, 0) is 52.2 Å². The zero-order valence-electron chi connectivity index (χ0n) is 10.7. The van der Waals surface area contributed by atoms with Crippen LogP contribution in [-0.4, -0.2) is 4.92 Å². The zero-order valence-corrected chi connectivity index (χ0v) is 13.9. The molecule has 0 aliphatic rings. The maximum atomic E-state index is 10.7. The highest BCUT2D eigenvalue weighted by Gasteiger charge is 2.11. The van der Waals surface area contributed by atoms with Crippen LogP contribution in [0, 0.1) is 17.0 Å². The number of benzene rings is 2. The number of nitrogens with one attached hydrogen (secondary N) is 1. The molecule has 0 aliphatic heterocycles. The van der Waals surface area contributed by atoms with E-state index in [1.165, 1.54) is 11.6 Å². The molecule has 0 saturated heterocycles. The summed E-state index contributed by atoms with van der Waals surface area (Å²) < 4.78 is 1.54. The Balaban J connectivity index is 2.09. The normalized spacial score (nSPS) is 10.3. The molecular weight excluding hydrogens is 388 g/mol. The van der Waals surface area contributed by atoms with E-state index in [1.54, 1.807) is 12.1 Å². The second-order valence-electron chi connectivity index (χ2n) is 4.36. The van der Waals surface area contributed by atoms with Crippen molar-refractivity contribution in [3.63, 3.8) is 0 Å². The van der Waals surface area contributed by atoms with Crippen LogP contribution in [0.3, 0.4) is 0 Å². The fourth-order valence-corrected chi connectivity index (χ4v) is 2.67. The predicted molar refractivity (Wildman–Crippen MR) is 87.0 cm³/mol. The highest BCUT2D eigenvalue weighted by atomic mass is 79.9. The Bertz CT molecular complexity index is 660. The summed E-state index contributed by atoms with van der Waals surface area (Å²) in [7, 11) is 0. The molecule has 2 aromatic carbocycles. The summed E-state index contributed by atoms with van der Waals surface area (Å²) in [6.07, 6.45) is 0. The van der Waals surface area contributed by atoms with Gasteiger partial charge in [-0.15, -0.1) is 0 Å². The summed E-state index contributed by atoms with van der Waals surface area (Å²) >= 11 is 6.71. The Hall–Kier alpha value is -1.40. The molecule has 2 aromatic rings. The van der Waals surface area contributed by atoms with E-state index in [0.717, 1.165) is 15.7 Å². The quantitative estimate of drug-likeness (QED) is 0.578. The lowest BCUT2D eigenvalue weighted by atomic mass is 10.1. The van der Waals surface area contributed by atoms with Crippen LogP contribution in [0.15, 0.2) is 45.3 Å². The number of aryl methyl sites for hydroxylation is 1. The molecule has 0 aliphatic carbocycles. The molecule has 1 N–H and O–H groups in total. The Morgan fingerprint density at radius 1 is 1.15 bits per heavy atom. The average molecular weight is 400 g/mol. The fourth-order valence-electron chi connectivity index (χ4n) is 1.72. The van der Waals surface area contributed by atoms with Gasteiger partial charge >= 0.3 is 0 Å². The van der Waals surface area contributed by atoms with E-state index >= 15 is 0 Å². The summed E-state index contributed by atoms with van der Waals surface area (Å²) in [5.41, 5.74) is 3.22. The second kappa shape index (κ2) is 6.37. The molecule has 0 radical (unpaired) electrons. The second-order valence-corrected chi connectivity index (χ2v) is 6.07. The van der Waals surface area contributed by atoms with Crippen LogP contribution in [0.5, 0.6) is 0 Å². The minimum atomic E-state index is -0.412. The van der Waals surface area contributed by atoms with Crippen molar-refractivity contribution in [3.8, 4) is 0 Å². The minimum absolute atomic E-state index is 0.0635. The third kappa shape index (κ3) is 3.58. The third-order valence-corrected chi connectivity index (χ3v) is 4.37. The number of anilines is 1. The number of nitro benzene ring substituents is 1. The highest BCUT2D eigenvalue weighted by Crippen LogP contribution is 2.28. The Kier molecular flexibility index (Phi) is 4.77. The lowest BCUT2D eigenvalue weighted by Gasteiger charge is -2.08. The van der Waals surface area contributed by atoms with Crippen molar-refractivity contribution in [2.24, 2.45) is 0 Å². The number of nitrogens with zero attached hydrogens (tertiary/aromatic N) is 1. The smallest absolute Gasteiger partial charge is 0.283 e. The first-order valence-electron chi connectivity index (χ1n) is 5.90. The van der Waals surface area contributed by atoms with Crippen molar-refractivity contribution in [2.75, 3.05) is 5.32 Å². The van der Waals surface area contributed by atoms with Crippen molar-refractivity contribution in [3.05, 3.63) is 66.6 Å². The molecule has 20 heavy (non-hydrogen) atoms.